The van der Waals surface area contributed by atoms with Crippen LogP contribution in [0.4, 0.5) is 16.2 Å². The van der Waals surface area contributed by atoms with Crippen LogP contribution in [0.2, 0.25) is 0 Å². The summed E-state index contributed by atoms with van der Waals surface area (Å²) in [6, 6.07) is 14.9. The Balaban J connectivity index is 1.86. The molecule has 0 spiro atoms. The molecule has 0 aromatic heterocycles. The fourth-order valence-corrected chi connectivity index (χ4v) is 1.72. The fraction of sp³-hybridized carbons (Fsp3) is 0.133. The minimum Gasteiger partial charge on any atom is -0.399 e. The largest absolute Gasteiger partial charge is 0.399 e. The zero-order valence-corrected chi connectivity index (χ0v) is 10.8. The normalized spacial score (nSPS) is 9.95. The van der Waals surface area contributed by atoms with Crippen molar-refractivity contribution in [3.8, 4) is 0 Å². The summed E-state index contributed by atoms with van der Waals surface area (Å²) in [6.45, 7) is 2.45. The smallest absolute Gasteiger partial charge is 0.319 e. The summed E-state index contributed by atoms with van der Waals surface area (Å²) in [4.78, 5) is 11.7. The Morgan fingerprint density at radius 3 is 2.58 bits per heavy atom. The molecule has 2 aromatic carbocycles. The average molecular weight is 255 g/mol. The molecule has 0 aliphatic rings. The minimum absolute atomic E-state index is 0.220. The molecule has 0 saturated heterocycles. The quantitative estimate of drug-likeness (QED) is 0.738. The predicted molar refractivity (Wildman–Crippen MR) is 77.9 cm³/mol. The van der Waals surface area contributed by atoms with Gasteiger partial charge in [0.15, 0.2) is 0 Å². The van der Waals surface area contributed by atoms with E-state index in [2.05, 4.69) is 10.6 Å². The van der Waals surface area contributed by atoms with E-state index in [4.69, 9.17) is 5.73 Å². The lowest BCUT2D eigenvalue weighted by molar-refractivity contribution is 0.251. The summed E-state index contributed by atoms with van der Waals surface area (Å²) in [5.41, 5.74) is 9.22. The van der Waals surface area contributed by atoms with Gasteiger partial charge >= 0.3 is 6.03 Å². The first-order valence-electron chi connectivity index (χ1n) is 6.09. The van der Waals surface area contributed by atoms with Gasteiger partial charge in [0.2, 0.25) is 0 Å². The number of urea groups is 1. The Hall–Kier alpha value is -2.49. The Labute approximate surface area is 112 Å². The molecular formula is C15H17N3O. The van der Waals surface area contributed by atoms with Crippen LogP contribution in [0.25, 0.3) is 0 Å². The first-order valence-corrected chi connectivity index (χ1v) is 6.09. The lowest BCUT2D eigenvalue weighted by atomic mass is 10.2. The van der Waals surface area contributed by atoms with E-state index >= 15 is 0 Å². The molecule has 19 heavy (non-hydrogen) atoms. The number of benzene rings is 2. The average Bonchev–Trinajstić information content (AvgIpc) is 2.38. The topological polar surface area (TPSA) is 67.2 Å². The van der Waals surface area contributed by atoms with E-state index in [1.165, 1.54) is 0 Å². The number of anilines is 2. The minimum atomic E-state index is -0.220. The highest BCUT2D eigenvalue weighted by Gasteiger charge is 2.01. The molecule has 4 heteroatoms. The summed E-state index contributed by atoms with van der Waals surface area (Å²) in [7, 11) is 0. The molecule has 2 amide bonds. The number of nitrogens with one attached hydrogen (secondary N) is 2. The van der Waals surface area contributed by atoms with Gasteiger partial charge in [0.1, 0.15) is 0 Å². The van der Waals surface area contributed by atoms with E-state index in [0.29, 0.717) is 12.2 Å². The standard InChI is InChI=1S/C15H17N3O/c1-11-3-2-4-14(9-11)18-15(19)17-10-12-5-7-13(16)8-6-12/h2-9H,10,16H2,1H3,(H2,17,18,19). The highest BCUT2D eigenvalue weighted by atomic mass is 16.2. The van der Waals surface area contributed by atoms with E-state index in [9.17, 15) is 4.79 Å². The van der Waals surface area contributed by atoms with Crippen LogP contribution in [-0.2, 0) is 6.54 Å². The summed E-state index contributed by atoms with van der Waals surface area (Å²) in [5.74, 6) is 0. The third-order valence-corrected chi connectivity index (χ3v) is 2.71. The second-order valence-corrected chi connectivity index (χ2v) is 4.42. The van der Waals surface area contributed by atoms with Crippen LogP contribution in [0.15, 0.2) is 48.5 Å². The molecule has 0 fully saturated rings. The van der Waals surface area contributed by atoms with Crippen molar-refractivity contribution in [3.63, 3.8) is 0 Å². The van der Waals surface area contributed by atoms with Crippen LogP contribution in [0.3, 0.4) is 0 Å². The van der Waals surface area contributed by atoms with Gasteiger partial charge in [-0.3, -0.25) is 0 Å². The molecule has 0 radical (unpaired) electrons. The van der Waals surface area contributed by atoms with Crippen molar-refractivity contribution in [1.82, 2.24) is 5.32 Å². The van der Waals surface area contributed by atoms with Gasteiger partial charge in [0.05, 0.1) is 0 Å². The molecule has 2 aromatic rings. The summed E-state index contributed by atoms with van der Waals surface area (Å²) >= 11 is 0. The molecule has 0 unspecified atom stereocenters. The van der Waals surface area contributed by atoms with E-state index in [1.807, 2.05) is 55.5 Å². The molecule has 0 heterocycles. The lowest BCUT2D eigenvalue weighted by Crippen LogP contribution is -2.28. The van der Waals surface area contributed by atoms with Gasteiger partial charge in [-0.25, -0.2) is 4.79 Å². The monoisotopic (exact) mass is 255 g/mol. The maximum absolute atomic E-state index is 11.7. The van der Waals surface area contributed by atoms with E-state index < -0.39 is 0 Å². The SMILES string of the molecule is Cc1cccc(NC(=O)NCc2ccc(N)cc2)c1. The van der Waals surface area contributed by atoms with Gasteiger partial charge in [-0.05, 0) is 42.3 Å². The molecule has 4 N–H and O–H groups in total. The first kappa shape index (κ1) is 13.0. The maximum Gasteiger partial charge on any atom is 0.319 e. The Bertz CT molecular complexity index is 564. The number of amides is 2. The highest BCUT2D eigenvalue weighted by molar-refractivity contribution is 5.89. The summed E-state index contributed by atoms with van der Waals surface area (Å²) in [6.07, 6.45) is 0. The second kappa shape index (κ2) is 5.91. The molecule has 0 atom stereocenters. The zero-order valence-electron chi connectivity index (χ0n) is 10.8. The summed E-state index contributed by atoms with van der Waals surface area (Å²) < 4.78 is 0. The molecule has 0 bridgehead atoms. The number of hydrogen-bond donors (Lipinski definition) is 3. The van der Waals surface area contributed by atoms with Crippen LogP contribution >= 0.6 is 0 Å². The third-order valence-electron chi connectivity index (χ3n) is 2.71. The van der Waals surface area contributed by atoms with Gasteiger partial charge in [-0.15, -0.1) is 0 Å². The fourth-order valence-electron chi connectivity index (χ4n) is 1.72. The third kappa shape index (κ3) is 4.03. The van der Waals surface area contributed by atoms with Crippen LogP contribution in [0, 0.1) is 6.92 Å². The highest BCUT2D eigenvalue weighted by Crippen LogP contribution is 2.09. The number of nitrogens with two attached hydrogens (primary N) is 1. The zero-order chi connectivity index (χ0) is 13.7. The van der Waals surface area contributed by atoms with Crippen molar-refractivity contribution >= 4 is 17.4 Å². The molecule has 98 valence electrons. The number of hydrogen-bond acceptors (Lipinski definition) is 2. The van der Waals surface area contributed by atoms with E-state index in [1.54, 1.807) is 0 Å². The van der Waals surface area contributed by atoms with Gasteiger partial charge in [0, 0.05) is 17.9 Å². The number of carbonyl (C=O) groups excluding carboxylic acids is 1. The van der Waals surface area contributed by atoms with E-state index in [-0.39, 0.29) is 6.03 Å². The Morgan fingerprint density at radius 2 is 1.89 bits per heavy atom. The molecule has 0 aliphatic carbocycles. The van der Waals surface area contributed by atoms with Crippen LogP contribution in [0.5, 0.6) is 0 Å². The van der Waals surface area contributed by atoms with Crippen LogP contribution in [0.1, 0.15) is 11.1 Å². The Kier molecular flexibility index (Phi) is 4.03. The van der Waals surface area contributed by atoms with E-state index in [0.717, 1.165) is 16.8 Å². The van der Waals surface area contributed by atoms with Crippen molar-refractivity contribution in [2.24, 2.45) is 0 Å². The van der Waals surface area contributed by atoms with Crippen LogP contribution < -0.4 is 16.4 Å². The van der Waals surface area contributed by atoms with Crippen molar-refractivity contribution in [3.05, 3.63) is 59.7 Å². The molecule has 2 rings (SSSR count). The van der Waals surface area contributed by atoms with Gasteiger partial charge in [-0.1, -0.05) is 24.3 Å². The first-order chi connectivity index (χ1) is 9.13. The van der Waals surface area contributed by atoms with Gasteiger partial charge < -0.3 is 16.4 Å². The van der Waals surface area contributed by atoms with Crippen molar-refractivity contribution in [1.29, 1.82) is 0 Å². The number of nitrogen functional groups attached to an aromatic ring is 1. The number of aryl methyl sites for hydroxylation is 1. The maximum atomic E-state index is 11.7. The van der Waals surface area contributed by atoms with Crippen LogP contribution in [-0.4, -0.2) is 6.03 Å². The lowest BCUT2D eigenvalue weighted by Gasteiger charge is -2.08. The predicted octanol–water partition coefficient (Wildman–Crippen LogP) is 2.90. The molecule has 0 saturated carbocycles. The van der Waals surface area contributed by atoms with Crippen molar-refractivity contribution in [2.75, 3.05) is 11.1 Å². The van der Waals surface area contributed by atoms with Crippen molar-refractivity contribution < 1.29 is 4.79 Å². The second-order valence-electron chi connectivity index (χ2n) is 4.42. The number of rotatable bonds is 3. The molecule has 4 nitrogen and oxygen atoms in total. The summed E-state index contributed by atoms with van der Waals surface area (Å²) in [5, 5.41) is 5.59. The van der Waals surface area contributed by atoms with Gasteiger partial charge in [0.25, 0.3) is 0 Å². The molecular weight excluding hydrogens is 238 g/mol. The number of carbonyl (C=O) groups is 1. The Morgan fingerprint density at radius 1 is 1.16 bits per heavy atom. The molecule has 0 aliphatic heterocycles. The van der Waals surface area contributed by atoms with Gasteiger partial charge in [-0.2, -0.15) is 0 Å². The van der Waals surface area contributed by atoms with Crippen molar-refractivity contribution in [2.45, 2.75) is 13.5 Å².